The van der Waals surface area contributed by atoms with E-state index in [9.17, 15) is 0 Å². The van der Waals surface area contributed by atoms with Crippen LogP contribution in [0.25, 0.3) is 0 Å². The summed E-state index contributed by atoms with van der Waals surface area (Å²) in [6.07, 6.45) is 3.78. The molecule has 1 aromatic carbocycles. The summed E-state index contributed by atoms with van der Waals surface area (Å²) in [4.78, 5) is 6.55. The minimum absolute atomic E-state index is 0.753. The van der Waals surface area contributed by atoms with E-state index in [0.29, 0.717) is 0 Å². The Morgan fingerprint density at radius 3 is 2.85 bits per heavy atom. The Morgan fingerprint density at radius 1 is 1.40 bits per heavy atom. The second kappa shape index (κ2) is 6.77. The predicted molar refractivity (Wildman–Crippen MR) is 84.1 cm³/mol. The first kappa shape index (κ1) is 14.9. The molecule has 0 aliphatic rings. The van der Waals surface area contributed by atoms with Crippen LogP contribution in [0.15, 0.2) is 30.6 Å². The van der Waals surface area contributed by atoms with Crippen LogP contribution in [-0.4, -0.2) is 23.1 Å². The van der Waals surface area contributed by atoms with Gasteiger partial charge in [-0.25, -0.2) is 4.98 Å². The monoisotopic (exact) mass is 292 g/mol. The van der Waals surface area contributed by atoms with Gasteiger partial charge in [-0.05, 0) is 24.2 Å². The lowest BCUT2D eigenvalue weighted by molar-refractivity contribution is 0.717. The van der Waals surface area contributed by atoms with E-state index < -0.39 is 0 Å². The molecule has 5 heteroatoms. The van der Waals surface area contributed by atoms with Gasteiger partial charge in [-0.3, -0.25) is 0 Å². The summed E-state index contributed by atoms with van der Waals surface area (Å²) in [5.41, 5.74) is 2.38. The van der Waals surface area contributed by atoms with E-state index in [-0.39, 0.29) is 0 Å². The highest BCUT2D eigenvalue weighted by atomic mass is 35.5. The average Bonchev–Trinajstić information content (AvgIpc) is 2.83. The average molecular weight is 293 g/mol. The highest BCUT2D eigenvalue weighted by Gasteiger charge is 2.10. The lowest BCUT2D eigenvalue weighted by atomic mass is 10.1. The SMILES string of the molecule is CCNCc1ccc(Cl)cc1N(C)Cc1nccn1C. The Balaban J connectivity index is 2.21. The molecule has 2 aromatic rings. The molecule has 0 saturated carbocycles. The molecule has 1 N–H and O–H groups in total. The maximum atomic E-state index is 6.14. The normalized spacial score (nSPS) is 10.8. The van der Waals surface area contributed by atoms with Crippen LogP contribution >= 0.6 is 11.6 Å². The molecule has 0 aliphatic carbocycles. The van der Waals surface area contributed by atoms with Gasteiger partial charge < -0.3 is 14.8 Å². The van der Waals surface area contributed by atoms with Gasteiger partial charge in [0, 0.05) is 43.7 Å². The fourth-order valence-corrected chi connectivity index (χ4v) is 2.31. The van der Waals surface area contributed by atoms with Crippen LogP contribution in [0.1, 0.15) is 18.3 Å². The lowest BCUT2D eigenvalue weighted by Crippen LogP contribution is -2.22. The zero-order chi connectivity index (χ0) is 14.5. The van der Waals surface area contributed by atoms with Gasteiger partial charge in [-0.15, -0.1) is 0 Å². The summed E-state index contributed by atoms with van der Waals surface area (Å²) in [5.74, 6) is 1.03. The van der Waals surface area contributed by atoms with Crippen LogP contribution in [0.2, 0.25) is 5.02 Å². The molecule has 0 spiro atoms. The Morgan fingerprint density at radius 2 is 2.20 bits per heavy atom. The van der Waals surface area contributed by atoms with Crippen molar-refractivity contribution in [3.8, 4) is 0 Å². The second-order valence-electron chi connectivity index (χ2n) is 4.86. The fourth-order valence-electron chi connectivity index (χ4n) is 2.15. The first-order valence-electron chi connectivity index (χ1n) is 6.78. The van der Waals surface area contributed by atoms with Crippen LogP contribution < -0.4 is 10.2 Å². The van der Waals surface area contributed by atoms with Crippen molar-refractivity contribution in [3.63, 3.8) is 0 Å². The molecule has 4 nitrogen and oxygen atoms in total. The molecular weight excluding hydrogens is 272 g/mol. The fraction of sp³-hybridized carbons (Fsp3) is 0.400. The molecule has 2 rings (SSSR count). The van der Waals surface area contributed by atoms with Gasteiger partial charge >= 0.3 is 0 Å². The van der Waals surface area contributed by atoms with E-state index in [1.807, 2.05) is 36.1 Å². The Labute approximate surface area is 125 Å². The molecule has 0 saturated heterocycles. The van der Waals surface area contributed by atoms with Crippen molar-refractivity contribution in [2.45, 2.75) is 20.0 Å². The zero-order valence-electron chi connectivity index (χ0n) is 12.2. The van der Waals surface area contributed by atoms with Gasteiger partial charge in [0.25, 0.3) is 0 Å². The second-order valence-corrected chi connectivity index (χ2v) is 5.30. The Kier molecular flexibility index (Phi) is 5.04. The molecule has 0 aliphatic heterocycles. The molecule has 0 atom stereocenters. The standard InChI is InChI=1S/C15H21ClN4/c1-4-17-10-12-5-6-13(16)9-14(12)20(3)11-15-18-7-8-19(15)2/h5-9,17H,4,10-11H2,1-3H3. The number of imidazole rings is 1. The van der Waals surface area contributed by atoms with Crippen molar-refractivity contribution in [2.75, 3.05) is 18.5 Å². The molecule has 20 heavy (non-hydrogen) atoms. The van der Waals surface area contributed by atoms with Crippen molar-refractivity contribution in [1.82, 2.24) is 14.9 Å². The summed E-state index contributed by atoms with van der Waals surface area (Å²) >= 11 is 6.14. The van der Waals surface area contributed by atoms with Gasteiger partial charge in [0.05, 0.1) is 6.54 Å². The molecule has 0 bridgehead atoms. The summed E-state index contributed by atoms with van der Waals surface area (Å²) < 4.78 is 2.03. The number of hydrogen-bond acceptors (Lipinski definition) is 3. The van der Waals surface area contributed by atoms with Crippen molar-refractivity contribution >= 4 is 17.3 Å². The van der Waals surface area contributed by atoms with Gasteiger partial charge in [-0.2, -0.15) is 0 Å². The van der Waals surface area contributed by atoms with Crippen molar-refractivity contribution in [3.05, 3.63) is 47.0 Å². The zero-order valence-corrected chi connectivity index (χ0v) is 13.0. The number of rotatable bonds is 6. The Bertz CT molecular complexity index is 565. The highest BCUT2D eigenvalue weighted by Crippen LogP contribution is 2.25. The van der Waals surface area contributed by atoms with Crippen molar-refractivity contribution in [2.24, 2.45) is 7.05 Å². The van der Waals surface area contributed by atoms with Crippen LogP contribution in [0.4, 0.5) is 5.69 Å². The van der Waals surface area contributed by atoms with Gasteiger partial charge in [0.2, 0.25) is 0 Å². The van der Waals surface area contributed by atoms with E-state index >= 15 is 0 Å². The Hall–Kier alpha value is -1.52. The maximum Gasteiger partial charge on any atom is 0.127 e. The minimum Gasteiger partial charge on any atom is -0.367 e. The molecule has 1 aromatic heterocycles. The van der Waals surface area contributed by atoms with E-state index in [1.165, 1.54) is 5.56 Å². The predicted octanol–water partition coefficient (Wildman–Crippen LogP) is 2.82. The van der Waals surface area contributed by atoms with Crippen LogP contribution in [-0.2, 0) is 20.1 Å². The summed E-state index contributed by atoms with van der Waals surface area (Å²) in [6.45, 7) is 4.65. The largest absolute Gasteiger partial charge is 0.367 e. The molecule has 1 heterocycles. The van der Waals surface area contributed by atoms with Crippen molar-refractivity contribution < 1.29 is 0 Å². The minimum atomic E-state index is 0.753. The number of halogens is 1. The third-order valence-corrected chi connectivity index (χ3v) is 3.56. The number of nitrogens with zero attached hydrogens (tertiary/aromatic N) is 3. The summed E-state index contributed by atoms with van der Waals surface area (Å²) in [5, 5.41) is 4.12. The third kappa shape index (κ3) is 3.52. The maximum absolute atomic E-state index is 6.14. The quantitative estimate of drug-likeness (QED) is 0.889. The van der Waals surface area contributed by atoms with Crippen molar-refractivity contribution in [1.29, 1.82) is 0 Å². The van der Waals surface area contributed by atoms with E-state index in [2.05, 4.69) is 35.2 Å². The third-order valence-electron chi connectivity index (χ3n) is 3.32. The molecule has 0 unspecified atom stereocenters. The number of anilines is 1. The van der Waals surface area contributed by atoms with Crippen LogP contribution in [0.5, 0.6) is 0 Å². The van der Waals surface area contributed by atoms with Crippen LogP contribution in [0, 0.1) is 0 Å². The molecule has 108 valence electrons. The van der Waals surface area contributed by atoms with E-state index in [4.69, 9.17) is 11.6 Å². The number of aryl methyl sites for hydroxylation is 1. The van der Waals surface area contributed by atoms with Gasteiger partial charge in [-0.1, -0.05) is 24.6 Å². The first-order valence-corrected chi connectivity index (χ1v) is 7.16. The number of hydrogen-bond donors (Lipinski definition) is 1. The molecule has 0 fully saturated rings. The highest BCUT2D eigenvalue weighted by molar-refractivity contribution is 6.30. The number of benzene rings is 1. The van der Waals surface area contributed by atoms with Crippen LogP contribution in [0.3, 0.4) is 0 Å². The summed E-state index contributed by atoms with van der Waals surface area (Å²) in [6, 6.07) is 6.03. The molecular formula is C15H21ClN4. The number of nitrogens with one attached hydrogen (secondary N) is 1. The summed E-state index contributed by atoms with van der Waals surface area (Å²) in [7, 11) is 4.07. The smallest absolute Gasteiger partial charge is 0.127 e. The molecule has 0 amide bonds. The first-order chi connectivity index (χ1) is 9.61. The van der Waals surface area contributed by atoms with Gasteiger partial charge in [0.15, 0.2) is 0 Å². The van der Waals surface area contributed by atoms with E-state index in [1.54, 1.807) is 0 Å². The van der Waals surface area contributed by atoms with Gasteiger partial charge in [0.1, 0.15) is 5.82 Å². The lowest BCUT2D eigenvalue weighted by Gasteiger charge is -2.22. The molecule has 0 radical (unpaired) electrons. The van der Waals surface area contributed by atoms with E-state index in [0.717, 1.165) is 36.2 Å². The number of aromatic nitrogens is 2. The topological polar surface area (TPSA) is 33.1 Å².